The molecule has 2 amide bonds. The molecule has 0 aliphatic heterocycles. The number of nitrogens with two attached hydrogens (primary N) is 1. The summed E-state index contributed by atoms with van der Waals surface area (Å²) < 4.78 is 4.63. The Bertz CT molecular complexity index is 507. The Kier molecular flexibility index (Phi) is 4.43. The molecule has 6 nitrogen and oxygen atoms in total. The minimum atomic E-state index is -0.639. The summed E-state index contributed by atoms with van der Waals surface area (Å²) in [5.41, 5.74) is 5.81. The van der Waals surface area contributed by atoms with Crippen LogP contribution in [0, 0.1) is 6.92 Å². The van der Waals surface area contributed by atoms with Gasteiger partial charge in [0.25, 0.3) is 5.91 Å². The van der Waals surface area contributed by atoms with Crippen molar-refractivity contribution in [2.75, 3.05) is 12.4 Å². The number of rotatable bonds is 4. The maximum atomic E-state index is 11.6. The van der Waals surface area contributed by atoms with E-state index in [4.69, 9.17) is 5.73 Å². The molecular weight excluding hydrogens is 256 g/mol. The predicted molar refractivity (Wildman–Crippen MR) is 67.8 cm³/mol. The first-order chi connectivity index (χ1) is 8.42. The van der Waals surface area contributed by atoms with Gasteiger partial charge in [-0.3, -0.25) is 9.59 Å². The number of primary amides is 1. The summed E-state index contributed by atoms with van der Waals surface area (Å²) in [6.07, 6.45) is 0.267. The van der Waals surface area contributed by atoms with Gasteiger partial charge in [-0.1, -0.05) is 6.92 Å². The van der Waals surface area contributed by atoms with Crippen molar-refractivity contribution in [2.45, 2.75) is 20.3 Å². The lowest BCUT2D eigenvalue weighted by Crippen LogP contribution is -2.13. The van der Waals surface area contributed by atoms with E-state index >= 15 is 0 Å². The fourth-order valence-electron chi connectivity index (χ4n) is 1.40. The second kappa shape index (κ2) is 5.63. The minimum absolute atomic E-state index is 0.179. The first kappa shape index (κ1) is 14.2. The van der Waals surface area contributed by atoms with Gasteiger partial charge in [-0.2, -0.15) is 0 Å². The van der Waals surface area contributed by atoms with E-state index in [0.29, 0.717) is 10.6 Å². The Hall–Kier alpha value is -1.89. The molecule has 0 spiro atoms. The summed E-state index contributed by atoms with van der Waals surface area (Å²) >= 11 is 0.974. The third-order valence-corrected chi connectivity index (χ3v) is 3.56. The van der Waals surface area contributed by atoms with Gasteiger partial charge in [0, 0.05) is 6.42 Å². The molecule has 3 N–H and O–H groups in total. The Morgan fingerprint density at radius 1 is 1.39 bits per heavy atom. The second-order valence-corrected chi connectivity index (χ2v) is 4.54. The van der Waals surface area contributed by atoms with Gasteiger partial charge in [0.15, 0.2) is 0 Å². The van der Waals surface area contributed by atoms with E-state index in [0.717, 1.165) is 11.3 Å². The molecule has 98 valence electrons. The van der Waals surface area contributed by atoms with Crippen molar-refractivity contribution in [3.63, 3.8) is 0 Å². The van der Waals surface area contributed by atoms with Crippen LogP contribution < -0.4 is 11.1 Å². The summed E-state index contributed by atoms with van der Waals surface area (Å²) in [4.78, 5) is 34.5. The van der Waals surface area contributed by atoms with Crippen LogP contribution >= 0.6 is 11.3 Å². The summed E-state index contributed by atoms with van der Waals surface area (Å²) in [6.45, 7) is 3.27. The number of ether oxygens (including phenoxy) is 1. The average molecular weight is 270 g/mol. The first-order valence-corrected chi connectivity index (χ1v) is 6.05. The van der Waals surface area contributed by atoms with Gasteiger partial charge in [0.05, 0.1) is 17.6 Å². The highest BCUT2D eigenvalue weighted by Crippen LogP contribution is 2.33. The highest BCUT2D eigenvalue weighted by Gasteiger charge is 2.24. The number of amides is 2. The summed E-state index contributed by atoms with van der Waals surface area (Å²) in [6, 6.07) is 0. The van der Waals surface area contributed by atoms with E-state index in [9.17, 15) is 14.4 Å². The van der Waals surface area contributed by atoms with E-state index < -0.39 is 11.9 Å². The Morgan fingerprint density at radius 2 is 2.00 bits per heavy atom. The topological polar surface area (TPSA) is 98.5 Å². The van der Waals surface area contributed by atoms with Crippen molar-refractivity contribution in [3.05, 3.63) is 16.0 Å². The molecule has 1 aromatic heterocycles. The maximum absolute atomic E-state index is 11.6. The SMILES string of the molecule is CCC(=O)Nc1sc(C(N)=O)c(C)c1C(=O)OC. The van der Waals surface area contributed by atoms with Gasteiger partial charge in [0.1, 0.15) is 5.00 Å². The standard InChI is InChI=1S/C11H14N2O4S/c1-4-6(14)13-10-7(11(16)17-3)5(2)8(18-10)9(12)15/h4H2,1-3H3,(H2,12,15)(H,13,14). The van der Waals surface area contributed by atoms with Gasteiger partial charge in [-0.15, -0.1) is 11.3 Å². The molecule has 18 heavy (non-hydrogen) atoms. The van der Waals surface area contributed by atoms with E-state index in [1.807, 2.05) is 0 Å². The molecule has 0 unspecified atom stereocenters. The molecule has 1 rings (SSSR count). The average Bonchev–Trinajstić information content (AvgIpc) is 2.65. The Morgan fingerprint density at radius 3 is 2.44 bits per heavy atom. The zero-order valence-corrected chi connectivity index (χ0v) is 11.1. The fourth-order valence-corrected chi connectivity index (χ4v) is 2.46. The highest BCUT2D eigenvalue weighted by atomic mass is 32.1. The third-order valence-electron chi connectivity index (χ3n) is 2.33. The number of carbonyl (C=O) groups excluding carboxylic acids is 3. The van der Waals surface area contributed by atoms with Gasteiger partial charge in [0.2, 0.25) is 5.91 Å². The monoisotopic (exact) mass is 270 g/mol. The zero-order chi connectivity index (χ0) is 13.9. The highest BCUT2D eigenvalue weighted by molar-refractivity contribution is 7.18. The molecule has 0 aliphatic carbocycles. The number of nitrogens with one attached hydrogen (secondary N) is 1. The molecule has 1 heterocycles. The Balaban J connectivity index is 3.30. The number of hydrogen-bond acceptors (Lipinski definition) is 5. The summed E-state index contributed by atoms with van der Waals surface area (Å²) in [7, 11) is 1.23. The largest absolute Gasteiger partial charge is 0.465 e. The Labute approximate surface area is 108 Å². The third kappa shape index (κ3) is 2.67. The number of carbonyl (C=O) groups is 3. The maximum Gasteiger partial charge on any atom is 0.341 e. The van der Waals surface area contributed by atoms with Crippen molar-refractivity contribution in [2.24, 2.45) is 5.73 Å². The van der Waals surface area contributed by atoms with Crippen molar-refractivity contribution in [3.8, 4) is 0 Å². The molecule has 7 heteroatoms. The molecule has 0 saturated carbocycles. The van der Waals surface area contributed by atoms with E-state index in [1.165, 1.54) is 7.11 Å². The quantitative estimate of drug-likeness (QED) is 0.805. The van der Waals surface area contributed by atoms with Gasteiger partial charge < -0.3 is 15.8 Å². The normalized spacial score (nSPS) is 9.94. The van der Waals surface area contributed by atoms with Crippen LogP contribution in [0.25, 0.3) is 0 Å². The van der Waals surface area contributed by atoms with Crippen LogP contribution in [0.2, 0.25) is 0 Å². The van der Waals surface area contributed by atoms with Crippen LogP contribution in [0.3, 0.4) is 0 Å². The number of thiophene rings is 1. The molecular formula is C11H14N2O4S. The van der Waals surface area contributed by atoms with Crippen LogP contribution in [0.15, 0.2) is 0 Å². The van der Waals surface area contributed by atoms with Crippen LogP contribution in [-0.2, 0) is 9.53 Å². The van der Waals surface area contributed by atoms with Gasteiger partial charge in [-0.25, -0.2) is 4.79 Å². The van der Waals surface area contributed by atoms with Crippen molar-refractivity contribution < 1.29 is 19.1 Å². The second-order valence-electron chi connectivity index (χ2n) is 3.52. The van der Waals surface area contributed by atoms with Crippen molar-refractivity contribution in [1.29, 1.82) is 0 Å². The predicted octanol–water partition coefficient (Wildman–Crippen LogP) is 1.29. The molecule has 0 aliphatic rings. The first-order valence-electron chi connectivity index (χ1n) is 5.23. The number of hydrogen-bond donors (Lipinski definition) is 2. The van der Waals surface area contributed by atoms with Crippen LogP contribution in [0.4, 0.5) is 5.00 Å². The van der Waals surface area contributed by atoms with E-state index in [2.05, 4.69) is 10.1 Å². The lowest BCUT2D eigenvalue weighted by atomic mass is 10.1. The molecule has 0 radical (unpaired) electrons. The van der Waals surface area contributed by atoms with Crippen LogP contribution in [-0.4, -0.2) is 24.9 Å². The van der Waals surface area contributed by atoms with Crippen LogP contribution in [0.1, 0.15) is 38.9 Å². The number of methoxy groups -OCH3 is 1. The lowest BCUT2D eigenvalue weighted by Gasteiger charge is -2.04. The number of anilines is 1. The molecule has 1 aromatic rings. The van der Waals surface area contributed by atoms with Gasteiger partial charge >= 0.3 is 5.97 Å². The number of esters is 1. The van der Waals surface area contributed by atoms with Crippen molar-refractivity contribution >= 4 is 34.1 Å². The van der Waals surface area contributed by atoms with Crippen molar-refractivity contribution in [1.82, 2.24) is 0 Å². The zero-order valence-electron chi connectivity index (χ0n) is 10.3. The lowest BCUT2D eigenvalue weighted by molar-refractivity contribution is -0.115. The molecule has 0 atom stereocenters. The fraction of sp³-hybridized carbons (Fsp3) is 0.364. The molecule has 0 aromatic carbocycles. The molecule has 0 fully saturated rings. The van der Waals surface area contributed by atoms with Gasteiger partial charge in [-0.05, 0) is 12.5 Å². The van der Waals surface area contributed by atoms with E-state index in [-0.39, 0.29) is 22.8 Å². The summed E-state index contributed by atoms with van der Waals surface area (Å²) in [5.74, 6) is -1.50. The smallest absolute Gasteiger partial charge is 0.341 e. The minimum Gasteiger partial charge on any atom is -0.465 e. The molecule has 0 bridgehead atoms. The van der Waals surface area contributed by atoms with E-state index in [1.54, 1.807) is 13.8 Å². The molecule has 0 saturated heterocycles. The summed E-state index contributed by atoms with van der Waals surface area (Å²) in [5, 5.41) is 2.85. The van der Waals surface area contributed by atoms with Crippen LogP contribution in [0.5, 0.6) is 0 Å².